The van der Waals surface area contributed by atoms with Crippen molar-refractivity contribution in [2.24, 2.45) is 0 Å². The SMILES string of the molecule is Cc1cc(N)c(F)c(F)c1OC(F)(F)F. The number of hydrogen-bond acceptors (Lipinski definition) is 2. The predicted molar refractivity (Wildman–Crippen MR) is 42.2 cm³/mol. The van der Waals surface area contributed by atoms with Crippen molar-refractivity contribution in [3.05, 3.63) is 23.3 Å². The van der Waals surface area contributed by atoms with Gasteiger partial charge in [-0.25, -0.2) is 4.39 Å². The molecule has 0 aliphatic heterocycles. The smallest absolute Gasteiger partial charge is 0.402 e. The summed E-state index contributed by atoms with van der Waals surface area (Å²) in [7, 11) is 0. The lowest BCUT2D eigenvalue weighted by Gasteiger charge is -2.13. The number of anilines is 1. The fourth-order valence-corrected chi connectivity index (χ4v) is 1.00. The van der Waals surface area contributed by atoms with Crippen molar-refractivity contribution in [1.82, 2.24) is 0 Å². The fraction of sp³-hybridized carbons (Fsp3) is 0.250. The van der Waals surface area contributed by atoms with Gasteiger partial charge in [-0.1, -0.05) is 0 Å². The van der Waals surface area contributed by atoms with Gasteiger partial charge in [-0.2, -0.15) is 4.39 Å². The zero-order valence-electron chi connectivity index (χ0n) is 7.45. The third-order valence-electron chi connectivity index (χ3n) is 1.59. The summed E-state index contributed by atoms with van der Waals surface area (Å²) < 4.78 is 64.5. The zero-order valence-corrected chi connectivity index (χ0v) is 7.45. The fourth-order valence-electron chi connectivity index (χ4n) is 1.00. The van der Waals surface area contributed by atoms with Gasteiger partial charge in [0, 0.05) is 0 Å². The summed E-state index contributed by atoms with van der Waals surface area (Å²) in [4.78, 5) is 0. The van der Waals surface area contributed by atoms with Crippen LogP contribution in [-0.4, -0.2) is 6.36 Å². The molecule has 15 heavy (non-hydrogen) atoms. The topological polar surface area (TPSA) is 35.2 Å². The molecule has 0 aromatic heterocycles. The van der Waals surface area contributed by atoms with Crippen LogP contribution in [0.3, 0.4) is 0 Å². The molecule has 0 radical (unpaired) electrons. The highest BCUT2D eigenvalue weighted by Crippen LogP contribution is 2.32. The highest BCUT2D eigenvalue weighted by Gasteiger charge is 2.34. The van der Waals surface area contributed by atoms with E-state index in [1.54, 1.807) is 0 Å². The summed E-state index contributed by atoms with van der Waals surface area (Å²) in [5.74, 6) is -4.50. The molecule has 1 rings (SSSR count). The Labute approximate surface area is 81.4 Å². The molecule has 0 atom stereocenters. The molecule has 0 amide bonds. The van der Waals surface area contributed by atoms with E-state index >= 15 is 0 Å². The van der Waals surface area contributed by atoms with E-state index in [9.17, 15) is 22.0 Å². The van der Waals surface area contributed by atoms with Crippen LogP contribution in [0.4, 0.5) is 27.6 Å². The van der Waals surface area contributed by atoms with Crippen molar-refractivity contribution in [2.45, 2.75) is 13.3 Å². The van der Waals surface area contributed by atoms with Crippen molar-refractivity contribution in [3.63, 3.8) is 0 Å². The first kappa shape index (κ1) is 11.5. The van der Waals surface area contributed by atoms with Crippen LogP contribution < -0.4 is 10.5 Å². The van der Waals surface area contributed by atoms with E-state index in [0.29, 0.717) is 0 Å². The Balaban J connectivity index is 3.24. The summed E-state index contributed by atoms with van der Waals surface area (Å²) >= 11 is 0. The molecule has 7 heteroatoms. The van der Waals surface area contributed by atoms with Gasteiger partial charge in [0.05, 0.1) is 5.69 Å². The van der Waals surface area contributed by atoms with Gasteiger partial charge in [0.1, 0.15) is 0 Å². The van der Waals surface area contributed by atoms with Crippen LogP contribution in [0.15, 0.2) is 6.07 Å². The molecule has 0 saturated heterocycles. The largest absolute Gasteiger partial charge is 0.573 e. The summed E-state index contributed by atoms with van der Waals surface area (Å²) in [6, 6.07) is 0.861. The quantitative estimate of drug-likeness (QED) is 0.591. The first-order valence-electron chi connectivity index (χ1n) is 3.72. The molecule has 0 aliphatic rings. The van der Waals surface area contributed by atoms with Gasteiger partial charge in [0.15, 0.2) is 11.6 Å². The van der Waals surface area contributed by atoms with Gasteiger partial charge in [-0.05, 0) is 18.6 Å². The van der Waals surface area contributed by atoms with Crippen LogP contribution in [-0.2, 0) is 0 Å². The number of hydrogen-bond donors (Lipinski definition) is 1. The maximum Gasteiger partial charge on any atom is 0.573 e. The van der Waals surface area contributed by atoms with E-state index in [-0.39, 0.29) is 5.56 Å². The lowest BCUT2D eigenvalue weighted by molar-refractivity contribution is -0.275. The molecule has 2 N–H and O–H groups in total. The van der Waals surface area contributed by atoms with Crippen molar-refractivity contribution >= 4 is 5.69 Å². The molecule has 0 unspecified atom stereocenters. The number of alkyl halides is 3. The standard InChI is InChI=1S/C8H6F5NO/c1-3-2-4(14)5(9)6(10)7(3)15-8(11,12)13/h2H,14H2,1H3. The third-order valence-corrected chi connectivity index (χ3v) is 1.59. The van der Waals surface area contributed by atoms with Crippen LogP contribution in [0.25, 0.3) is 0 Å². The van der Waals surface area contributed by atoms with E-state index in [1.165, 1.54) is 0 Å². The lowest BCUT2D eigenvalue weighted by Crippen LogP contribution is -2.19. The van der Waals surface area contributed by atoms with Gasteiger partial charge in [0.2, 0.25) is 5.82 Å². The second kappa shape index (κ2) is 3.56. The van der Waals surface area contributed by atoms with E-state index in [4.69, 9.17) is 5.73 Å². The number of nitrogens with two attached hydrogens (primary N) is 1. The van der Waals surface area contributed by atoms with Crippen molar-refractivity contribution in [1.29, 1.82) is 0 Å². The van der Waals surface area contributed by atoms with E-state index < -0.39 is 29.4 Å². The van der Waals surface area contributed by atoms with Crippen LogP contribution in [0, 0.1) is 18.6 Å². The average Bonchev–Trinajstić information content (AvgIpc) is 2.07. The Morgan fingerprint density at radius 2 is 1.73 bits per heavy atom. The summed E-state index contributed by atoms with van der Waals surface area (Å²) in [6.07, 6.45) is -5.08. The Morgan fingerprint density at radius 1 is 1.20 bits per heavy atom. The molecule has 1 aromatic carbocycles. The molecular formula is C8H6F5NO. The van der Waals surface area contributed by atoms with Crippen LogP contribution in [0.2, 0.25) is 0 Å². The lowest BCUT2D eigenvalue weighted by atomic mass is 10.2. The Kier molecular flexibility index (Phi) is 2.74. The first-order chi connectivity index (χ1) is 6.72. The van der Waals surface area contributed by atoms with Crippen LogP contribution in [0.5, 0.6) is 5.75 Å². The minimum atomic E-state index is -5.08. The maximum absolute atomic E-state index is 13.0. The van der Waals surface area contributed by atoms with Gasteiger partial charge < -0.3 is 10.5 Å². The van der Waals surface area contributed by atoms with Crippen molar-refractivity contribution in [2.75, 3.05) is 5.73 Å². The Hall–Kier alpha value is -1.53. The van der Waals surface area contributed by atoms with E-state index in [0.717, 1.165) is 13.0 Å². The molecule has 2 nitrogen and oxygen atoms in total. The number of aryl methyl sites for hydroxylation is 1. The van der Waals surface area contributed by atoms with Gasteiger partial charge in [-0.3, -0.25) is 0 Å². The van der Waals surface area contributed by atoms with Crippen LogP contribution >= 0.6 is 0 Å². The van der Waals surface area contributed by atoms with Crippen molar-refractivity contribution in [3.8, 4) is 5.75 Å². The van der Waals surface area contributed by atoms with Crippen LogP contribution in [0.1, 0.15) is 5.56 Å². The zero-order chi connectivity index (χ0) is 11.8. The molecule has 0 bridgehead atoms. The van der Waals surface area contributed by atoms with Gasteiger partial charge >= 0.3 is 6.36 Å². The molecule has 0 saturated carbocycles. The highest BCUT2D eigenvalue weighted by atomic mass is 19.4. The van der Waals surface area contributed by atoms with E-state index in [2.05, 4.69) is 4.74 Å². The third kappa shape index (κ3) is 2.48. The number of nitrogen functional groups attached to an aromatic ring is 1. The first-order valence-corrected chi connectivity index (χ1v) is 3.72. The minimum Gasteiger partial charge on any atom is -0.402 e. The predicted octanol–water partition coefficient (Wildman–Crippen LogP) is 2.75. The molecule has 1 aromatic rings. The van der Waals surface area contributed by atoms with Crippen molar-refractivity contribution < 1.29 is 26.7 Å². The van der Waals surface area contributed by atoms with Gasteiger partial charge in [0.25, 0.3) is 0 Å². The highest BCUT2D eigenvalue weighted by molar-refractivity contribution is 5.49. The van der Waals surface area contributed by atoms with Gasteiger partial charge in [-0.15, -0.1) is 13.2 Å². The molecule has 0 heterocycles. The second-order valence-electron chi connectivity index (χ2n) is 2.79. The average molecular weight is 227 g/mol. The van der Waals surface area contributed by atoms with E-state index in [1.807, 2.05) is 0 Å². The number of benzene rings is 1. The maximum atomic E-state index is 13.0. The molecule has 84 valence electrons. The number of halogens is 5. The molecule has 0 aliphatic carbocycles. The number of ether oxygens (including phenoxy) is 1. The summed E-state index contributed by atoms with van der Waals surface area (Å²) in [5, 5.41) is 0. The number of rotatable bonds is 1. The summed E-state index contributed by atoms with van der Waals surface area (Å²) in [5.41, 5.74) is 4.20. The minimum absolute atomic E-state index is 0.233. The summed E-state index contributed by atoms with van der Waals surface area (Å²) in [6.45, 7) is 1.12. The Bertz CT molecular complexity index is 388. The monoisotopic (exact) mass is 227 g/mol. The molecule has 0 fully saturated rings. The normalized spacial score (nSPS) is 11.6. The Morgan fingerprint density at radius 3 is 2.20 bits per heavy atom. The molecular weight excluding hydrogens is 221 g/mol. The molecule has 0 spiro atoms. The second-order valence-corrected chi connectivity index (χ2v) is 2.79.